The summed E-state index contributed by atoms with van der Waals surface area (Å²) in [5, 5.41) is 10.3. The summed E-state index contributed by atoms with van der Waals surface area (Å²) >= 11 is 7.46. The lowest BCUT2D eigenvalue weighted by Gasteiger charge is -2.36. The van der Waals surface area contributed by atoms with Crippen LogP contribution in [0.3, 0.4) is 0 Å². The third-order valence-electron chi connectivity index (χ3n) is 5.19. The summed E-state index contributed by atoms with van der Waals surface area (Å²) in [7, 11) is 2.36. The highest BCUT2D eigenvalue weighted by Gasteiger charge is 2.44. The largest absolute Gasteiger partial charge is 0.466 e. The van der Waals surface area contributed by atoms with Crippen LogP contribution in [0.25, 0.3) is 11.0 Å². The average Bonchev–Trinajstić information content (AvgIpc) is 3.32. The second-order valence-electron chi connectivity index (χ2n) is 6.86. The maximum Gasteiger partial charge on any atom is 0.355 e. The van der Waals surface area contributed by atoms with Crippen LogP contribution in [-0.2, 0) is 19.1 Å². The van der Waals surface area contributed by atoms with Gasteiger partial charge in [-0.2, -0.15) is 14.0 Å². The summed E-state index contributed by atoms with van der Waals surface area (Å²) in [5.74, 6) is -2.76. The Kier molecular flexibility index (Phi) is 6.00. The predicted molar refractivity (Wildman–Crippen MR) is 122 cm³/mol. The van der Waals surface area contributed by atoms with E-state index in [1.807, 2.05) is 0 Å². The molecule has 2 heterocycles. The van der Waals surface area contributed by atoms with Crippen molar-refractivity contribution in [1.82, 2.24) is 8.75 Å². The van der Waals surface area contributed by atoms with Gasteiger partial charge < -0.3 is 15.2 Å². The van der Waals surface area contributed by atoms with Crippen LogP contribution in [0.2, 0.25) is 5.02 Å². The number of anilines is 1. The van der Waals surface area contributed by atoms with Crippen LogP contribution in [0.4, 0.5) is 5.69 Å². The van der Waals surface area contributed by atoms with Crippen molar-refractivity contribution in [3.63, 3.8) is 0 Å². The number of nitriles is 1. The van der Waals surface area contributed by atoms with Gasteiger partial charge in [0, 0.05) is 0 Å². The molecule has 166 valence electrons. The monoisotopic (exact) mass is 481 g/mol. The van der Waals surface area contributed by atoms with E-state index < -0.39 is 17.9 Å². The topological polar surface area (TPSA) is 131 Å². The van der Waals surface area contributed by atoms with Gasteiger partial charge in [0.1, 0.15) is 22.6 Å². The van der Waals surface area contributed by atoms with Gasteiger partial charge in [-0.25, -0.2) is 9.59 Å². The molecule has 0 radical (unpaired) electrons. The minimum atomic E-state index is -0.972. The molecule has 0 saturated heterocycles. The minimum Gasteiger partial charge on any atom is -0.466 e. The number of carbonyl (C=O) groups excluding carboxylic acids is 2. The molecule has 0 aliphatic carbocycles. The summed E-state index contributed by atoms with van der Waals surface area (Å²) in [4.78, 5) is 27.4. The number of halogens is 1. The molecular formula is C22H16ClN5O4S. The Labute approximate surface area is 197 Å². The van der Waals surface area contributed by atoms with E-state index in [1.165, 1.54) is 19.1 Å². The van der Waals surface area contributed by atoms with E-state index in [-0.39, 0.29) is 33.4 Å². The zero-order valence-corrected chi connectivity index (χ0v) is 19.0. The third-order valence-corrected chi connectivity index (χ3v) is 6.03. The van der Waals surface area contributed by atoms with Crippen molar-refractivity contribution in [2.24, 2.45) is 5.73 Å². The molecule has 0 fully saturated rings. The highest BCUT2D eigenvalue weighted by molar-refractivity contribution is 7.00. The molecule has 0 amide bonds. The normalized spacial score (nSPS) is 16.1. The predicted octanol–water partition coefficient (Wildman–Crippen LogP) is 3.24. The third kappa shape index (κ3) is 3.57. The van der Waals surface area contributed by atoms with Gasteiger partial charge in [0.25, 0.3) is 0 Å². The Bertz CT molecular complexity index is 1380. The van der Waals surface area contributed by atoms with Crippen molar-refractivity contribution >= 4 is 52.0 Å². The fourth-order valence-electron chi connectivity index (χ4n) is 3.77. The molecule has 4 rings (SSSR count). The summed E-state index contributed by atoms with van der Waals surface area (Å²) in [6.07, 6.45) is 0. The second-order valence-corrected chi connectivity index (χ2v) is 7.80. The van der Waals surface area contributed by atoms with Crippen LogP contribution in [0.5, 0.6) is 0 Å². The van der Waals surface area contributed by atoms with Crippen LogP contribution in [0.15, 0.2) is 65.1 Å². The number of methoxy groups -OCH3 is 2. The van der Waals surface area contributed by atoms with Crippen molar-refractivity contribution in [3.05, 3.63) is 75.7 Å². The SMILES string of the molecule is COC(=O)C1=C(C(=O)OC)N(c2c(Cl)ccc3nsnc23)C(N)=C(C#N)C1c1ccccc1. The smallest absolute Gasteiger partial charge is 0.355 e. The van der Waals surface area contributed by atoms with Gasteiger partial charge in [-0.3, -0.25) is 4.90 Å². The van der Waals surface area contributed by atoms with Crippen molar-refractivity contribution in [1.29, 1.82) is 5.26 Å². The summed E-state index contributed by atoms with van der Waals surface area (Å²) in [6.45, 7) is 0. The molecule has 0 spiro atoms. The van der Waals surface area contributed by atoms with Crippen LogP contribution >= 0.6 is 23.3 Å². The highest BCUT2D eigenvalue weighted by Crippen LogP contribution is 2.46. The second kappa shape index (κ2) is 8.90. The first kappa shape index (κ1) is 22.3. The number of allylic oxidation sites excluding steroid dienone is 1. The first-order chi connectivity index (χ1) is 15.9. The molecule has 9 nitrogen and oxygen atoms in total. The Morgan fingerprint density at radius 3 is 2.45 bits per heavy atom. The Balaban J connectivity index is 2.14. The zero-order valence-electron chi connectivity index (χ0n) is 17.4. The standard InChI is InChI=1S/C22H16ClN5O4S/c1-31-21(29)16-15(11-6-4-3-5-7-11)12(10-24)20(25)28(19(16)22(30)32-2)18-13(23)8-9-14-17(18)27-33-26-14/h3-9,15H,25H2,1-2H3. The Hall–Kier alpha value is -3.94. The van der Waals surface area contributed by atoms with Gasteiger partial charge in [-0.05, 0) is 17.7 Å². The van der Waals surface area contributed by atoms with Gasteiger partial charge in [0.05, 0.1) is 59.8 Å². The molecule has 1 atom stereocenters. The van der Waals surface area contributed by atoms with Gasteiger partial charge in [0.2, 0.25) is 0 Å². The molecule has 2 aromatic carbocycles. The van der Waals surface area contributed by atoms with Crippen LogP contribution in [0, 0.1) is 11.3 Å². The number of hydrogen-bond donors (Lipinski definition) is 1. The van der Waals surface area contributed by atoms with Gasteiger partial charge in [-0.15, -0.1) is 0 Å². The van der Waals surface area contributed by atoms with Crippen molar-refractivity contribution in [3.8, 4) is 6.07 Å². The number of fused-ring (bicyclic) bond motifs is 1. The van der Waals surface area contributed by atoms with Crippen molar-refractivity contribution < 1.29 is 19.1 Å². The van der Waals surface area contributed by atoms with E-state index in [1.54, 1.807) is 42.5 Å². The number of esters is 2. The first-order valence-corrected chi connectivity index (χ1v) is 10.6. The molecule has 1 aliphatic heterocycles. The van der Waals surface area contributed by atoms with E-state index in [9.17, 15) is 14.9 Å². The quantitative estimate of drug-likeness (QED) is 0.557. The summed E-state index contributed by atoms with van der Waals surface area (Å²) < 4.78 is 18.5. The van der Waals surface area contributed by atoms with Crippen LogP contribution in [-0.4, -0.2) is 34.9 Å². The first-order valence-electron chi connectivity index (χ1n) is 9.50. The molecule has 0 bridgehead atoms. The van der Waals surface area contributed by atoms with Crippen molar-refractivity contribution in [2.75, 3.05) is 19.1 Å². The van der Waals surface area contributed by atoms with E-state index in [4.69, 9.17) is 26.8 Å². The molecule has 11 heteroatoms. The zero-order chi connectivity index (χ0) is 23.7. The number of rotatable bonds is 4. The molecular weight excluding hydrogens is 466 g/mol. The number of nitrogens with zero attached hydrogens (tertiary/aromatic N) is 4. The average molecular weight is 482 g/mol. The lowest BCUT2D eigenvalue weighted by atomic mass is 9.81. The molecule has 0 saturated carbocycles. The van der Waals surface area contributed by atoms with Crippen LogP contribution in [0.1, 0.15) is 11.5 Å². The highest BCUT2D eigenvalue weighted by atomic mass is 35.5. The summed E-state index contributed by atoms with van der Waals surface area (Å²) in [5.41, 5.74) is 7.80. The number of nitrogens with two attached hydrogens (primary N) is 1. The molecule has 2 N–H and O–H groups in total. The molecule has 3 aromatic rings. The number of benzene rings is 2. The van der Waals surface area contributed by atoms with Gasteiger partial charge in [0.15, 0.2) is 0 Å². The number of hydrogen-bond acceptors (Lipinski definition) is 10. The molecule has 1 aromatic heterocycles. The van der Waals surface area contributed by atoms with Gasteiger partial charge >= 0.3 is 11.9 Å². The number of ether oxygens (including phenoxy) is 2. The lowest BCUT2D eigenvalue weighted by molar-refractivity contribution is -0.139. The molecule has 1 unspecified atom stereocenters. The van der Waals surface area contributed by atoms with E-state index in [0.29, 0.717) is 16.6 Å². The van der Waals surface area contributed by atoms with E-state index in [2.05, 4.69) is 14.8 Å². The van der Waals surface area contributed by atoms with E-state index >= 15 is 0 Å². The van der Waals surface area contributed by atoms with Gasteiger partial charge in [-0.1, -0.05) is 41.9 Å². The molecule has 33 heavy (non-hydrogen) atoms. The Morgan fingerprint density at radius 1 is 1.12 bits per heavy atom. The Morgan fingerprint density at radius 2 is 1.82 bits per heavy atom. The summed E-state index contributed by atoms with van der Waals surface area (Å²) in [6, 6.07) is 14.0. The fourth-order valence-corrected chi connectivity index (χ4v) is 4.55. The lowest BCUT2D eigenvalue weighted by Crippen LogP contribution is -2.41. The maximum atomic E-state index is 13.1. The number of carbonyl (C=O) groups is 2. The fraction of sp³-hybridized carbons (Fsp3) is 0.136. The van der Waals surface area contributed by atoms with Crippen molar-refractivity contribution in [2.45, 2.75) is 5.92 Å². The van der Waals surface area contributed by atoms with Crippen LogP contribution < -0.4 is 10.6 Å². The molecule has 1 aliphatic rings. The van der Waals surface area contributed by atoms with E-state index in [0.717, 1.165) is 11.7 Å². The minimum absolute atomic E-state index is 0.0329. The number of aromatic nitrogens is 2. The maximum absolute atomic E-state index is 13.1.